The molecule has 0 aliphatic carbocycles. The Morgan fingerprint density at radius 1 is 1.11 bits per heavy atom. The molecule has 0 saturated heterocycles. The maximum atomic E-state index is 12.4. The third kappa shape index (κ3) is 5.94. The molecule has 0 aliphatic heterocycles. The molecule has 144 valence electrons. The molecule has 0 aliphatic rings. The Kier molecular flexibility index (Phi) is 7.15. The standard InChI is InChI=1S/C20H24N2O4S/c1-15-8-9-16(2)19(14-15)27(24,25)22-13-12-21-20(23)11-10-17-6-4-5-7-18(17)26-3/h4-11,14,22H,12-13H2,1-3H3,(H,21,23)/b11-10+. The van der Waals surface area contributed by atoms with Crippen molar-refractivity contribution < 1.29 is 17.9 Å². The molecule has 2 rings (SSSR count). The van der Waals surface area contributed by atoms with Crippen LogP contribution in [0.3, 0.4) is 0 Å². The second-order valence-electron chi connectivity index (χ2n) is 6.03. The van der Waals surface area contributed by atoms with Crippen LogP contribution >= 0.6 is 0 Å². The Labute approximate surface area is 160 Å². The van der Waals surface area contributed by atoms with Gasteiger partial charge < -0.3 is 10.1 Å². The SMILES string of the molecule is COc1ccccc1/C=C/C(=O)NCCNS(=O)(=O)c1cc(C)ccc1C. The maximum Gasteiger partial charge on any atom is 0.244 e. The third-order valence-electron chi connectivity index (χ3n) is 3.90. The van der Waals surface area contributed by atoms with Crippen LogP contribution in [0.25, 0.3) is 6.08 Å². The molecule has 0 fully saturated rings. The number of benzene rings is 2. The fourth-order valence-electron chi connectivity index (χ4n) is 2.47. The number of nitrogens with one attached hydrogen (secondary N) is 2. The van der Waals surface area contributed by atoms with E-state index < -0.39 is 10.0 Å². The summed E-state index contributed by atoms with van der Waals surface area (Å²) in [7, 11) is -2.05. The topological polar surface area (TPSA) is 84.5 Å². The normalized spacial score (nSPS) is 11.5. The zero-order valence-electron chi connectivity index (χ0n) is 15.7. The highest BCUT2D eigenvalue weighted by molar-refractivity contribution is 7.89. The highest BCUT2D eigenvalue weighted by Crippen LogP contribution is 2.18. The van der Waals surface area contributed by atoms with Crippen LogP contribution in [-0.2, 0) is 14.8 Å². The molecule has 0 unspecified atom stereocenters. The van der Waals surface area contributed by atoms with Gasteiger partial charge >= 0.3 is 0 Å². The monoisotopic (exact) mass is 388 g/mol. The van der Waals surface area contributed by atoms with Crippen molar-refractivity contribution in [3.63, 3.8) is 0 Å². The van der Waals surface area contributed by atoms with Crippen molar-refractivity contribution >= 4 is 22.0 Å². The van der Waals surface area contributed by atoms with Crippen molar-refractivity contribution in [1.29, 1.82) is 0 Å². The third-order valence-corrected chi connectivity index (χ3v) is 5.51. The van der Waals surface area contributed by atoms with Gasteiger partial charge in [0.05, 0.1) is 12.0 Å². The summed E-state index contributed by atoms with van der Waals surface area (Å²) in [5.74, 6) is 0.356. The lowest BCUT2D eigenvalue weighted by Gasteiger charge is -2.10. The first-order valence-electron chi connectivity index (χ1n) is 8.49. The van der Waals surface area contributed by atoms with E-state index in [2.05, 4.69) is 10.0 Å². The molecule has 0 bridgehead atoms. The van der Waals surface area contributed by atoms with Crippen LogP contribution in [0.15, 0.2) is 53.4 Å². The Balaban J connectivity index is 1.86. The minimum absolute atomic E-state index is 0.101. The van der Waals surface area contributed by atoms with Crippen LogP contribution in [0, 0.1) is 13.8 Å². The molecular weight excluding hydrogens is 364 g/mol. The molecule has 0 saturated carbocycles. The summed E-state index contributed by atoms with van der Waals surface area (Å²) in [4.78, 5) is 12.1. The average molecular weight is 388 g/mol. The van der Waals surface area contributed by atoms with Gasteiger partial charge in [-0.1, -0.05) is 30.3 Å². The van der Waals surface area contributed by atoms with Gasteiger partial charge in [-0.15, -0.1) is 0 Å². The summed E-state index contributed by atoms with van der Waals surface area (Å²) in [5, 5.41) is 2.65. The molecule has 2 aromatic rings. The van der Waals surface area contributed by atoms with Crippen LogP contribution in [0.5, 0.6) is 5.75 Å². The number of carbonyl (C=O) groups is 1. The van der Waals surface area contributed by atoms with E-state index in [0.717, 1.165) is 11.1 Å². The van der Waals surface area contributed by atoms with E-state index in [1.165, 1.54) is 6.08 Å². The lowest BCUT2D eigenvalue weighted by Crippen LogP contribution is -2.34. The van der Waals surface area contributed by atoms with Crippen molar-refractivity contribution in [1.82, 2.24) is 10.0 Å². The Bertz CT molecular complexity index is 937. The number of sulfonamides is 1. The van der Waals surface area contributed by atoms with Gasteiger partial charge in [0.15, 0.2) is 0 Å². The Morgan fingerprint density at radius 2 is 1.85 bits per heavy atom. The second-order valence-corrected chi connectivity index (χ2v) is 7.77. The van der Waals surface area contributed by atoms with Crippen LogP contribution in [-0.4, -0.2) is 34.5 Å². The molecular formula is C20H24N2O4S. The van der Waals surface area contributed by atoms with Crippen LogP contribution in [0.4, 0.5) is 0 Å². The van der Waals surface area contributed by atoms with Crippen molar-refractivity contribution in [2.45, 2.75) is 18.7 Å². The van der Waals surface area contributed by atoms with Gasteiger partial charge in [-0.3, -0.25) is 4.79 Å². The largest absolute Gasteiger partial charge is 0.496 e. The highest BCUT2D eigenvalue weighted by Gasteiger charge is 2.16. The van der Waals surface area contributed by atoms with Gasteiger partial charge in [0.1, 0.15) is 5.75 Å². The summed E-state index contributed by atoms with van der Waals surface area (Å²) < 4.78 is 32.5. The number of hydrogen-bond donors (Lipinski definition) is 2. The number of para-hydroxylation sites is 1. The van der Waals surface area contributed by atoms with Gasteiger partial charge in [0.2, 0.25) is 15.9 Å². The average Bonchev–Trinajstić information content (AvgIpc) is 2.65. The van der Waals surface area contributed by atoms with E-state index in [1.807, 2.05) is 31.2 Å². The Hall–Kier alpha value is -2.64. The quantitative estimate of drug-likeness (QED) is 0.537. The molecule has 1 amide bonds. The molecule has 0 aromatic heterocycles. The predicted octanol–water partition coefficient (Wildman–Crippen LogP) is 2.42. The fraction of sp³-hybridized carbons (Fsp3) is 0.250. The fourth-order valence-corrected chi connectivity index (χ4v) is 3.83. The molecule has 0 radical (unpaired) electrons. The zero-order chi connectivity index (χ0) is 19.9. The van der Waals surface area contributed by atoms with E-state index >= 15 is 0 Å². The van der Waals surface area contributed by atoms with E-state index in [1.54, 1.807) is 38.3 Å². The van der Waals surface area contributed by atoms with E-state index in [9.17, 15) is 13.2 Å². The van der Waals surface area contributed by atoms with Crippen LogP contribution in [0.2, 0.25) is 0 Å². The molecule has 0 spiro atoms. The number of carbonyl (C=O) groups excluding carboxylic acids is 1. The van der Waals surface area contributed by atoms with Crippen LogP contribution < -0.4 is 14.8 Å². The molecule has 6 nitrogen and oxygen atoms in total. The van der Waals surface area contributed by atoms with E-state index in [4.69, 9.17) is 4.74 Å². The van der Waals surface area contributed by atoms with Gasteiger partial charge in [0.25, 0.3) is 0 Å². The lowest BCUT2D eigenvalue weighted by atomic mass is 10.2. The summed E-state index contributed by atoms with van der Waals surface area (Å²) in [5.41, 5.74) is 2.33. The van der Waals surface area contributed by atoms with Crippen molar-refractivity contribution in [3.8, 4) is 5.75 Å². The minimum Gasteiger partial charge on any atom is -0.496 e. The highest BCUT2D eigenvalue weighted by atomic mass is 32.2. The van der Waals surface area contributed by atoms with E-state index in [-0.39, 0.29) is 23.9 Å². The number of hydrogen-bond acceptors (Lipinski definition) is 4. The number of ether oxygens (including phenoxy) is 1. The first kappa shape index (κ1) is 20.7. The summed E-state index contributed by atoms with van der Waals surface area (Å²) in [6, 6.07) is 12.6. The van der Waals surface area contributed by atoms with Gasteiger partial charge in [-0.25, -0.2) is 13.1 Å². The number of aryl methyl sites for hydroxylation is 2. The van der Waals surface area contributed by atoms with Crippen molar-refractivity contribution in [2.24, 2.45) is 0 Å². The first-order chi connectivity index (χ1) is 12.8. The van der Waals surface area contributed by atoms with Gasteiger partial charge in [-0.05, 0) is 43.2 Å². The summed E-state index contributed by atoms with van der Waals surface area (Å²) in [6.45, 7) is 3.87. The zero-order valence-corrected chi connectivity index (χ0v) is 16.5. The van der Waals surface area contributed by atoms with Gasteiger partial charge in [0, 0.05) is 24.7 Å². The van der Waals surface area contributed by atoms with E-state index in [0.29, 0.717) is 11.3 Å². The first-order valence-corrected chi connectivity index (χ1v) is 9.97. The smallest absolute Gasteiger partial charge is 0.244 e. The number of methoxy groups -OCH3 is 1. The Morgan fingerprint density at radius 3 is 2.59 bits per heavy atom. The lowest BCUT2D eigenvalue weighted by molar-refractivity contribution is -0.116. The molecule has 2 aromatic carbocycles. The predicted molar refractivity (Wildman–Crippen MR) is 106 cm³/mol. The molecule has 0 heterocycles. The molecule has 7 heteroatoms. The number of rotatable bonds is 8. The van der Waals surface area contributed by atoms with Gasteiger partial charge in [-0.2, -0.15) is 0 Å². The molecule has 2 N–H and O–H groups in total. The summed E-state index contributed by atoms with van der Waals surface area (Å²) >= 11 is 0. The summed E-state index contributed by atoms with van der Waals surface area (Å²) in [6.07, 6.45) is 3.03. The molecule has 0 atom stereocenters. The van der Waals surface area contributed by atoms with Crippen molar-refractivity contribution in [2.75, 3.05) is 20.2 Å². The molecule has 27 heavy (non-hydrogen) atoms. The number of amides is 1. The second kappa shape index (κ2) is 9.34. The van der Waals surface area contributed by atoms with Crippen LogP contribution in [0.1, 0.15) is 16.7 Å². The van der Waals surface area contributed by atoms with Crippen molar-refractivity contribution in [3.05, 3.63) is 65.2 Å². The minimum atomic E-state index is -3.61. The maximum absolute atomic E-state index is 12.4.